The van der Waals surface area contributed by atoms with E-state index in [1.807, 2.05) is 25.1 Å². The second-order valence-electron chi connectivity index (χ2n) is 3.45. The van der Waals surface area contributed by atoms with Crippen LogP contribution in [0.15, 0.2) is 18.2 Å². The van der Waals surface area contributed by atoms with Crippen molar-refractivity contribution in [3.05, 3.63) is 23.8 Å². The number of methoxy groups -OCH3 is 1. The average Bonchev–Trinajstić information content (AvgIpc) is 2.27. The van der Waals surface area contributed by atoms with Gasteiger partial charge in [0.05, 0.1) is 13.7 Å². The third-order valence-corrected chi connectivity index (χ3v) is 2.99. The fraction of sp³-hybridized carbons (Fsp3) is 0.500. The molecule has 0 saturated carbocycles. The van der Waals surface area contributed by atoms with Gasteiger partial charge in [-0.05, 0) is 31.0 Å². The molecule has 0 radical (unpaired) electrons. The molecular formula is C12H18O3S. The zero-order valence-corrected chi connectivity index (χ0v) is 10.8. The molecular weight excluding hydrogens is 224 g/mol. The van der Waals surface area contributed by atoms with Crippen LogP contribution in [-0.2, 0) is 17.2 Å². The fourth-order valence-electron chi connectivity index (χ4n) is 1.41. The van der Waals surface area contributed by atoms with Gasteiger partial charge < -0.3 is 9.47 Å². The van der Waals surface area contributed by atoms with Gasteiger partial charge in [0, 0.05) is 22.8 Å². The molecule has 1 rings (SSSR count). The Labute approximate surface area is 99.2 Å². The maximum atomic E-state index is 11.0. The first-order valence-corrected chi connectivity index (χ1v) is 6.99. The van der Waals surface area contributed by atoms with Crippen LogP contribution in [-0.4, -0.2) is 29.9 Å². The Morgan fingerprint density at radius 3 is 2.62 bits per heavy atom. The minimum atomic E-state index is -0.756. The Hall–Kier alpha value is -1.03. The van der Waals surface area contributed by atoms with E-state index >= 15 is 0 Å². The Morgan fingerprint density at radius 2 is 2.06 bits per heavy atom. The molecule has 0 bridgehead atoms. The van der Waals surface area contributed by atoms with Gasteiger partial charge in [0.15, 0.2) is 11.5 Å². The molecule has 0 saturated heterocycles. The van der Waals surface area contributed by atoms with Gasteiger partial charge >= 0.3 is 0 Å². The van der Waals surface area contributed by atoms with Gasteiger partial charge in [-0.25, -0.2) is 0 Å². The maximum Gasteiger partial charge on any atom is 0.161 e. The van der Waals surface area contributed by atoms with Crippen LogP contribution in [0.3, 0.4) is 0 Å². The molecule has 0 aliphatic rings. The highest BCUT2D eigenvalue weighted by Gasteiger charge is 2.05. The Balaban J connectivity index is 2.79. The molecule has 0 aliphatic carbocycles. The monoisotopic (exact) mass is 242 g/mol. The third kappa shape index (κ3) is 3.85. The topological polar surface area (TPSA) is 35.5 Å². The number of ether oxygens (including phenoxy) is 2. The van der Waals surface area contributed by atoms with Crippen molar-refractivity contribution in [2.45, 2.75) is 13.3 Å². The first-order valence-electron chi connectivity index (χ1n) is 5.27. The van der Waals surface area contributed by atoms with Crippen molar-refractivity contribution < 1.29 is 13.7 Å². The summed E-state index contributed by atoms with van der Waals surface area (Å²) in [5.41, 5.74) is 1.12. The molecule has 0 heterocycles. The summed E-state index contributed by atoms with van der Waals surface area (Å²) in [6.45, 7) is 2.55. The van der Waals surface area contributed by atoms with Crippen LogP contribution >= 0.6 is 0 Å². The van der Waals surface area contributed by atoms with E-state index in [-0.39, 0.29) is 0 Å². The minimum Gasteiger partial charge on any atom is -0.493 e. The minimum absolute atomic E-state index is 0.611. The van der Waals surface area contributed by atoms with Crippen molar-refractivity contribution in [2.75, 3.05) is 25.7 Å². The van der Waals surface area contributed by atoms with E-state index in [0.29, 0.717) is 12.4 Å². The first-order chi connectivity index (χ1) is 7.67. The molecule has 1 aromatic rings. The van der Waals surface area contributed by atoms with E-state index in [9.17, 15) is 4.21 Å². The van der Waals surface area contributed by atoms with Crippen molar-refractivity contribution in [1.82, 2.24) is 0 Å². The zero-order valence-electron chi connectivity index (χ0n) is 9.99. The number of hydrogen-bond acceptors (Lipinski definition) is 3. The van der Waals surface area contributed by atoms with Gasteiger partial charge in [0.2, 0.25) is 0 Å². The summed E-state index contributed by atoms with van der Waals surface area (Å²) in [5.74, 6) is 2.17. The summed E-state index contributed by atoms with van der Waals surface area (Å²) in [5, 5.41) is 0. The van der Waals surface area contributed by atoms with Crippen molar-refractivity contribution >= 4 is 10.8 Å². The predicted molar refractivity (Wildman–Crippen MR) is 66.8 cm³/mol. The number of hydrogen-bond donors (Lipinski definition) is 0. The SMILES string of the molecule is CCOc1cc(CCS(C)=O)ccc1OC. The number of benzene rings is 1. The molecule has 3 nitrogen and oxygen atoms in total. The lowest BCUT2D eigenvalue weighted by Crippen LogP contribution is -2.00. The highest BCUT2D eigenvalue weighted by atomic mass is 32.2. The average molecular weight is 242 g/mol. The summed E-state index contributed by atoms with van der Waals surface area (Å²) in [7, 11) is 0.868. The van der Waals surface area contributed by atoms with Gasteiger partial charge in [0.25, 0.3) is 0 Å². The van der Waals surface area contributed by atoms with Crippen molar-refractivity contribution in [3.8, 4) is 11.5 Å². The molecule has 1 atom stereocenters. The van der Waals surface area contributed by atoms with Crippen molar-refractivity contribution in [3.63, 3.8) is 0 Å². The molecule has 1 unspecified atom stereocenters. The Kier molecular flexibility index (Phi) is 5.32. The summed E-state index contributed by atoms with van der Waals surface area (Å²) in [6.07, 6.45) is 2.51. The lowest BCUT2D eigenvalue weighted by Gasteiger charge is -2.10. The van der Waals surface area contributed by atoms with Gasteiger partial charge in [-0.2, -0.15) is 0 Å². The van der Waals surface area contributed by atoms with E-state index in [1.54, 1.807) is 13.4 Å². The fourth-order valence-corrected chi connectivity index (χ4v) is 1.93. The maximum absolute atomic E-state index is 11.0. The van der Waals surface area contributed by atoms with Crippen LogP contribution in [0.4, 0.5) is 0 Å². The van der Waals surface area contributed by atoms with Crippen LogP contribution in [0.5, 0.6) is 11.5 Å². The predicted octanol–water partition coefficient (Wildman–Crippen LogP) is 2.01. The molecule has 0 spiro atoms. The van der Waals surface area contributed by atoms with Gasteiger partial charge in [0.1, 0.15) is 0 Å². The highest BCUT2D eigenvalue weighted by Crippen LogP contribution is 2.28. The smallest absolute Gasteiger partial charge is 0.161 e. The van der Waals surface area contributed by atoms with Crippen LogP contribution in [0.25, 0.3) is 0 Å². The Morgan fingerprint density at radius 1 is 1.31 bits per heavy atom. The molecule has 16 heavy (non-hydrogen) atoms. The largest absolute Gasteiger partial charge is 0.493 e. The summed E-state index contributed by atoms with van der Waals surface area (Å²) < 4.78 is 21.7. The van der Waals surface area contributed by atoms with Crippen molar-refractivity contribution in [1.29, 1.82) is 0 Å². The van der Waals surface area contributed by atoms with Gasteiger partial charge in [-0.1, -0.05) is 6.07 Å². The van der Waals surface area contributed by atoms with Crippen LogP contribution in [0, 0.1) is 0 Å². The molecule has 0 N–H and O–H groups in total. The molecule has 0 fully saturated rings. The van der Waals surface area contributed by atoms with E-state index in [0.717, 1.165) is 23.5 Å². The molecule has 90 valence electrons. The Bertz CT molecular complexity index is 363. The summed E-state index contributed by atoms with van der Waals surface area (Å²) >= 11 is 0. The van der Waals surface area contributed by atoms with E-state index in [4.69, 9.17) is 9.47 Å². The van der Waals surface area contributed by atoms with Crippen molar-refractivity contribution in [2.24, 2.45) is 0 Å². The van der Waals surface area contributed by atoms with Gasteiger partial charge in [-0.15, -0.1) is 0 Å². The first kappa shape index (κ1) is 13.0. The third-order valence-electron chi connectivity index (χ3n) is 2.21. The zero-order chi connectivity index (χ0) is 12.0. The molecule has 4 heteroatoms. The van der Waals surface area contributed by atoms with Crippen LogP contribution < -0.4 is 9.47 Å². The number of aryl methyl sites for hydroxylation is 1. The second kappa shape index (κ2) is 6.53. The summed E-state index contributed by atoms with van der Waals surface area (Å²) in [4.78, 5) is 0. The standard InChI is InChI=1S/C12H18O3S/c1-4-15-12-9-10(7-8-16(3)13)5-6-11(12)14-2/h5-6,9H,4,7-8H2,1-3H3. The molecule has 0 aromatic heterocycles. The van der Waals surface area contributed by atoms with E-state index in [2.05, 4.69) is 0 Å². The quantitative estimate of drug-likeness (QED) is 0.765. The van der Waals surface area contributed by atoms with Crippen LogP contribution in [0.2, 0.25) is 0 Å². The molecule has 0 amide bonds. The lowest BCUT2D eigenvalue weighted by molar-refractivity contribution is 0.310. The normalized spacial score (nSPS) is 12.2. The lowest BCUT2D eigenvalue weighted by atomic mass is 10.1. The number of rotatable bonds is 6. The molecule has 1 aromatic carbocycles. The van der Waals surface area contributed by atoms with Crippen LogP contribution in [0.1, 0.15) is 12.5 Å². The molecule has 0 aliphatic heterocycles. The second-order valence-corrected chi connectivity index (χ2v) is 5.00. The van der Waals surface area contributed by atoms with E-state index < -0.39 is 10.8 Å². The van der Waals surface area contributed by atoms with Gasteiger partial charge in [-0.3, -0.25) is 4.21 Å². The summed E-state index contributed by atoms with van der Waals surface area (Å²) in [6, 6.07) is 5.82. The van der Waals surface area contributed by atoms with E-state index in [1.165, 1.54) is 0 Å². The highest BCUT2D eigenvalue weighted by molar-refractivity contribution is 7.84.